The van der Waals surface area contributed by atoms with E-state index < -0.39 is 21.7 Å². The summed E-state index contributed by atoms with van der Waals surface area (Å²) in [5.74, 6) is -1.51. The highest BCUT2D eigenvalue weighted by Gasteiger charge is 2.21. The van der Waals surface area contributed by atoms with Gasteiger partial charge in [0, 0.05) is 18.3 Å². The first kappa shape index (κ1) is 15.3. The van der Waals surface area contributed by atoms with Crippen LogP contribution in [0.3, 0.4) is 0 Å². The molecule has 0 aliphatic carbocycles. The van der Waals surface area contributed by atoms with Crippen LogP contribution in [0.15, 0.2) is 35.5 Å². The Hall–Kier alpha value is -2.06. The Morgan fingerprint density at radius 2 is 2.00 bits per heavy atom. The SMILES string of the molecule is Cc1c(F)cc(CN)cc1S(=O)(=O)Nc1ccncc1F. The van der Waals surface area contributed by atoms with E-state index in [1.807, 2.05) is 0 Å². The molecule has 3 N–H and O–H groups in total. The van der Waals surface area contributed by atoms with Gasteiger partial charge in [0.05, 0.1) is 16.8 Å². The minimum Gasteiger partial charge on any atom is -0.326 e. The number of benzene rings is 1. The maximum Gasteiger partial charge on any atom is 0.262 e. The molecule has 0 saturated carbocycles. The molecule has 0 aliphatic heterocycles. The zero-order valence-corrected chi connectivity index (χ0v) is 11.9. The molecule has 2 rings (SSSR count). The van der Waals surface area contributed by atoms with E-state index in [0.717, 1.165) is 6.20 Å². The summed E-state index contributed by atoms with van der Waals surface area (Å²) in [5, 5.41) is 0. The predicted molar refractivity (Wildman–Crippen MR) is 74.0 cm³/mol. The van der Waals surface area contributed by atoms with E-state index in [0.29, 0.717) is 5.56 Å². The van der Waals surface area contributed by atoms with Gasteiger partial charge >= 0.3 is 0 Å². The van der Waals surface area contributed by atoms with Crippen molar-refractivity contribution in [1.82, 2.24) is 4.98 Å². The molecule has 0 amide bonds. The molecule has 21 heavy (non-hydrogen) atoms. The minimum atomic E-state index is -4.13. The average molecular weight is 313 g/mol. The zero-order chi connectivity index (χ0) is 15.6. The Balaban J connectivity index is 2.50. The molecule has 0 aliphatic rings. The highest BCUT2D eigenvalue weighted by Crippen LogP contribution is 2.24. The predicted octanol–water partition coefficient (Wildman–Crippen LogP) is 1.93. The summed E-state index contributed by atoms with van der Waals surface area (Å²) in [5.41, 5.74) is 5.41. The average Bonchev–Trinajstić information content (AvgIpc) is 2.43. The Bertz CT molecular complexity index is 779. The minimum absolute atomic E-state index is 0.0106. The van der Waals surface area contributed by atoms with Crippen molar-refractivity contribution in [2.45, 2.75) is 18.4 Å². The Labute approximate surface area is 120 Å². The van der Waals surface area contributed by atoms with Crippen LogP contribution in [0.2, 0.25) is 0 Å². The third-order valence-corrected chi connectivity index (χ3v) is 4.39. The molecule has 1 heterocycles. The van der Waals surface area contributed by atoms with Crippen LogP contribution in [-0.4, -0.2) is 13.4 Å². The number of nitrogens with one attached hydrogen (secondary N) is 1. The van der Waals surface area contributed by atoms with E-state index >= 15 is 0 Å². The topological polar surface area (TPSA) is 85.1 Å². The van der Waals surface area contributed by atoms with Crippen LogP contribution in [0.4, 0.5) is 14.5 Å². The summed E-state index contributed by atoms with van der Waals surface area (Å²) in [7, 11) is -4.13. The lowest BCUT2D eigenvalue weighted by Gasteiger charge is -2.12. The summed E-state index contributed by atoms with van der Waals surface area (Å²) in [6.07, 6.45) is 2.12. The molecule has 5 nitrogen and oxygen atoms in total. The van der Waals surface area contributed by atoms with Gasteiger partial charge in [-0.15, -0.1) is 0 Å². The van der Waals surface area contributed by atoms with Gasteiger partial charge in [0.2, 0.25) is 0 Å². The van der Waals surface area contributed by atoms with Gasteiger partial charge in [-0.3, -0.25) is 9.71 Å². The number of pyridine rings is 1. The summed E-state index contributed by atoms with van der Waals surface area (Å²) in [6, 6.07) is 3.60. The first-order chi connectivity index (χ1) is 9.85. The van der Waals surface area contributed by atoms with Gasteiger partial charge in [-0.05, 0) is 30.7 Å². The third-order valence-electron chi connectivity index (χ3n) is 2.90. The second-order valence-corrected chi connectivity index (χ2v) is 6.02. The lowest BCUT2D eigenvalue weighted by molar-refractivity contribution is 0.587. The fraction of sp³-hybridized carbons (Fsp3) is 0.154. The number of hydrogen-bond acceptors (Lipinski definition) is 4. The molecule has 0 saturated heterocycles. The van der Waals surface area contributed by atoms with Crippen LogP contribution in [-0.2, 0) is 16.6 Å². The standard InChI is InChI=1S/C13H13F2N3O2S/c1-8-10(14)4-9(6-16)5-13(8)21(19,20)18-12-2-3-17-7-11(12)15/h2-5,7H,6,16H2,1H3,(H,17,18). The zero-order valence-electron chi connectivity index (χ0n) is 11.1. The Kier molecular flexibility index (Phi) is 4.19. The van der Waals surface area contributed by atoms with Crippen molar-refractivity contribution >= 4 is 15.7 Å². The number of nitrogens with zero attached hydrogens (tertiary/aromatic N) is 1. The van der Waals surface area contributed by atoms with E-state index in [2.05, 4.69) is 9.71 Å². The molecule has 0 spiro atoms. The van der Waals surface area contributed by atoms with Gasteiger partial charge in [0.15, 0.2) is 5.82 Å². The van der Waals surface area contributed by atoms with Crippen LogP contribution < -0.4 is 10.5 Å². The van der Waals surface area contributed by atoms with Gasteiger partial charge in [0.1, 0.15) is 5.82 Å². The number of rotatable bonds is 4. The molecular weight excluding hydrogens is 300 g/mol. The van der Waals surface area contributed by atoms with Crippen LogP contribution in [0.25, 0.3) is 0 Å². The van der Waals surface area contributed by atoms with Gasteiger partial charge in [-0.1, -0.05) is 0 Å². The number of sulfonamides is 1. The quantitative estimate of drug-likeness (QED) is 0.903. The monoisotopic (exact) mass is 313 g/mol. The second-order valence-electron chi connectivity index (χ2n) is 4.37. The van der Waals surface area contributed by atoms with Crippen molar-refractivity contribution in [2.24, 2.45) is 5.73 Å². The summed E-state index contributed by atoms with van der Waals surface area (Å²) in [6.45, 7) is 1.32. The van der Waals surface area contributed by atoms with E-state index in [1.54, 1.807) is 0 Å². The van der Waals surface area contributed by atoms with E-state index in [9.17, 15) is 17.2 Å². The fourth-order valence-corrected chi connectivity index (χ4v) is 3.13. The number of halogens is 2. The van der Waals surface area contributed by atoms with Crippen LogP contribution in [0.5, 0.6) is 0 Å². The molecule has 0 atom stereocenters. The largest absolute Gasteiger partial charge is 0.326 e. The van der Waals surface area contributed by atoms with E-state index in [-0.39, 0.29) is 22.7 Å². The van der Waals surface area contributed by atoms with Crippen molar-refractivity contribution in [3.05, 3.63) is 53.4 Å². The van der Waals surface area contributed by atoms with Crippen molar-refractivity contribution in [1.29, 1.82) is 0 Å². The molecule has 1 aromatic heterocycles. The highest BCUT2D eigenvalue weighted by atomic mass is 32.2. The number of hydrogen-bond donors (Lipinski definition) is 2. The number of anilines is 1. The van der Waals surface area contributed by atoms with E-state index in [4.69, 9.17) is 5.73 Å². The molecule has 2 aromatic rings. The molecule has 0 bridgehead atoms. The van der Waals surface area contributed by atoms with E-state index in [1.165, 1.54) is 31.3 Å². The summed E-state index contributed by atoms with van der Waals surface area (Å²) >= 11 is 0. The first-order valence-corrected chi connectivity index (χ1v) is 7.45. The van der Waals surface area contributed by atoms with Crippen LogP contribution in [0, 0.1) is 18.6 Å². The molecule has 8 heteroatoms. The van der Waals surface area contributed by atoms with Crippen LogP contribution in [0.1, 0.15) is 11.1 Å². The fourth-order valence-electron chi connectivity index (χ4n) is 1.76. The smallest absolute Gasteiger partial charge is 0.262 e. The lowest BCUT2D eigenvalue weighted by Crippen LogP contribution is -2.16. The molecule has 112 valence electrons. The molecular formula is C13H13F2N3O2S. The molecule has 0 radical (unpaired) electrons. The summed E-state index contributed by atoms with van der Waals surface area (Å²) < 4.78 is 53.9. The maximum atomic E-state index is 13.7. The Morgan fingerprint density at radius 3 is 2.62 bits per heavy atom. The van der Waals surface area contributed by atoms with Crippen molar-refractivity contribution in [3.63, 3.8) is 0 Å². The molecule has 0 fully saturated rings. The van der Waals surface area contributed by atoms with Crippen molar-refractivity contribution in [3.8, 4) is 0 Å². The van der Waals surface area contributed by atoms with Gasteiger partial charge in [-0.25, -0.2) is 17.2 Å². The first-order valence-electron chi connectivity index (χ1n) is 5.96. The maximum absolute atomic E-state index is 13.7. The Morgan fingerprint density at radius 1 is 1.29 bits per heavy atom. The molecule has 0 unspecified atom stereocenters. The van der Waals surface area contributed by atoms with Gasteiger partial charge < -0.3 is 5.73 Å². The highest BCUT2D eigenvalue weighted by molar-refractivity contribution is 7.92. The summed E-state index contributed by atoms with van der Waals surface area (Å²) in [4.78, 5) is 3.24. The number of aromatic nitrogens is 1. The normalized spacial score (nSPS) is 11.4. The van der Waals surface area contributed by atoms with Crippen molar-refractivity contribution < 1.29 is 17.2 Å². The van der Waals surface area contributed by atoms with Gasteiger partial charge in [-0.2, -0.15) is 0 Å². The third kappa shape index (κ3) is 3.17. The van der Waals surface area contributed by atoms with Crippen molar-refractivity contribution in [2.75, 3.05) is 4.72 Å². The second kappa shape index (κ2) is 5.74. The molecule has 1 aromatic carbocycles. The van der Waals surface area contributed by atoms with Crippen LogP contribution >= 0.6 is 0 Å². The number of nitrogens with two attached hydrogens (primary N) is 1. The van der Waals surface area contributed by atoms with Gasteiger partial charge in [0.25, 0.3) is 10.0 Å². The lowest BCUT2D eigenvalue weighted by atomic mass is 10.1.